The zero-order valence-corrected chi connectivity index (χ0v) is 4.46. The average Bonchev–Trinajstić information content (AvgIpc) is 2.15. The Morgan fingerprint density at radius 3 is 3.12 bits per heavy atom. The molecule has 1 aromatic rings. The number of aldehydes is 1. The van der Waals surface area contributed by atoms with E-state index in [0.29, 0.717) is 11.8 Å². The van der Waals surface area contributed by atoms with Crippen LogP contribution in [0.15, 0.2) is 12.4 Å². The van der Waals surface area contributed by atoms with Crippen molar-refractivity contribution in [2.75, 3.05) is 0 Å². The number of rotatable bonds is 1. The summed E-state index contributed by atoms with van der Waals surface area (Å²) in [4.78, 5) is 10.1. The molecular weight excluding hydrogens is 104 g/mol. The number of aromatic nitrogens is 2. The molecule has 0 aliphatic rings. The summed E-state index contributed by atoms with van der Waals surface area (Å²) in [5, 5.41) is 3.68. The molecule has 0 unspecified atom stereocenters. The molecule has 3 heteroatoms. The van der Waals surface area contributed by atoms with Crippen LogP contribution in [0.1, 0.15) is 11.7 Å². The van der Waals surface area contributed by atoms with Gasteiger partial charge in [-0.3, -0.25) is 9.48 Å². The normalized spacial score (nSPS) is 10.9. The largest absolute Gasteiger partial charge is 0.298 e. The van der Waals surface area contributed by atoms with Gasteiger partial charge in [0.15, 0.2) is 6.29 Å². The lowest BCUT2D eigenvalue weighted by Gasteiger charge is -1.78. The van der Waals surface area contributed by atoms with Crippen molar-refractivity contribution in [3.05, 3.63) is 17.9 Å². The highest BCUT2D eigenvalue weighted by Gasteiger charge is 1.88. The number of carbonyl (C=O) groups excluding carboxylic acids is 1. The highest BCUT2D eigenvalue weighted by Crippen LogP contribution is 1.88. The van der Waals surface area contributed by atoms with Crippen LogP contribution >= 0.6 is 0 Å². The first-order valence-corrected chi connectivity index (χ1v) is 2.19. The Bertz CT molecular complexity index is 231. The number of nitrogens with zero attached hydrogens (tertiary/aromatic N) is 2. The molecular formula is C5H6N2O. The number of aryl methyl sites for hydroxylation is 1. The Morgan fingerprint density at radius 1 is 2.12 bits per heavy atom. The van der Waals surface area contributed by atoms with Crippen molar-refractivity contribution in [3.8, 4) is 0 Å². The van der Waals surface area contributed by atoms with Crippen molar-refractivity contribution in [3.63, 3.8) is 0 Å². The third-order valence-corrected chi connectivity index (χ3v) is 0.788. The van der Waals surface area contributed by atoms with Crippen molar-refractivity contribution in [2.45, 2.75) is 0 Å². The van der Waals surface area contributed by atoms with E-state index in [4.69, 9.17) is 1.37 Å². The molecule has 3 nitrogen and oxygen atoms in total. The number of hydrogen-bond donors (Lipinski definition) is 0. The summed E-state index contributed by atoms with van der Waals surface area (Å²) >= 11 is 0. The fourth-order valence-electron chi connectivity index (χ4n) is 0.450. The predicted octanol–water partition coefficient (Wildman–Crippen LogP) is 0.233. The molecule has 42 valence electrons. The second-order valence-corrected chi connectivity index (χ2v) is 1.45. The molecule has 0 atom stereocenters. The minimum Gasteiger partial charge on any atom is -0.298 e. The van der Waals surface area contributed by atoms with Crippen LogP contribution in [0, 0.1) is 0 Å². The molecule has 1 rings (SSSR count). The van der Waals surface area contributed by atoms with E-state index in [2.05, 4.69) is 5.10 Å². The van der Waals surface area contributed by atoms with Crippen LogP contribution in [-0.2, 0) is 7.05 Å². The molecule has 1 aromatic heterocycles. The Balaban J connectivity index is 3.18. The number of carbonyl (C=O) groups is 1. The summed E-state index contributed by atoms with van der Waals surface area (Å²) in [5.74, 6) is 0. The van der Waals surface area contributed by atoms with Crippen molar-refractivity contribution in [1.82, 2.24) is 9.78 Å². The topological polar surface area (TPSA) is 34.9 Å². The van der Waals surface area contributed by atoms with Crippen molar-refractivity contribution in [1.29, 1.82) is 0 Å². The summed E-state index contributed by atoms with van der Waals surface area (Å²) in [7, 11) is 1.62. The monoisotopic (exact) mass is 111 g/mol. The second kappa shape index (κ2) is 1.78. The van der Waals surface area contributed by atoms with Gasteiger partial charge in [0.2, 0.25) is 0 Å². The van der Waals surface area contributed by atoms with E-state index in [0.717, 1.165) is 0 Å². The van der Waals surface area contributed by atoms with Gasteiger partial charge in [0, 0.05) is 13.2 Å². The van der Waals surface area contributed by atoms with E-state index in [1.54, 1.807) is 7.05 Å². The predicted molar refractivity (Wildman–Crippen MR) is 28.6 cm³/mol. The quantitative estimate of drug-likeness (QED) is 0.486. The van der Waals surface area contributed by atoms with E-state index < -0.39 is 0 Å². The van der Waals surface area contributed by atoms with E-state index in [-0.39, 0.29) is 6.17 Å². The first-order valence-electron chi connectivity index (χ1n) is 2.69. The van der Waals surface area contributed by atoms with Gasteiger partial charge in [0.25, 0.3) is 0 Å². The van der Waals surface area contributed by atoms with Gasteiger partial charge >= 0.3 is 0 Å². The molecule has 0 spiro atoms. The molecule has 8 heavy (non-hydrogen) atoms. The van der Waals surface area contributed by atoms with Crippen molar-refractivity contribution < 1.29 is 6.17 Å². The van der Waals surface area contributed by atoms with Gasteiger partial charge in [-0.05, 0) is 0 Å². The fraction of sp³-hybridized carbons (Fsp3) is 0.200. The van der Waals surface area contributed by atoms with Crippen molar-refractivity contribution in [2.24, 2.45) is 7.05 Å². The standard InChI is InChI=1S/C5H6N2O/c1-7-3-5(4-8)2-6-7/h2-4H,1H3/i3D. The molecule has 0 aliphatic heterocycles. The maximum absolute atomic E-state index is 10.1. The van der Waals surface area contributed by atoms with Gasteiger partial charge < -0.3 is 0 Å². The van der Waals surface area contributed by atoms with E-state index in [1.807, 2.05) is 0 Å². The van der Waals surface area contributed by atoms with Crippen LogP contribution in [-0.4, -0.2) is 16.1 Å². The maximum Gasteiger partial charge on any atom is 0.153 e. The zero-order chi connectivity index (χ0) is 6.85. The van der Waals surface area contributed by atoms with Gasteiger partial charge in [0.05, 0.1) is 13.1 Å². The molecule has 0 fully saturated rings. The molecule has 0 aliphatic carbocycles. The van der Waals surface area contributed by atoms with E-state index >= 15 is 0 Å². The average molecular weight is 111 g/mol. The SMILES string of the molecule is [2H]c1c(C=O)cnn1C. The van der Waals surface area contributed by atoms with E-state index in [1.165, 1.54) is 10.9 Å². The minimum atomic E-state index is 0.157. The van der Waals surface area contributed by atoms with Crippen LogP contribution in [0.25, 0.3) is 0 Å². The van der Waals surface area contributed by atoms with Gasteiger partial charge in [-0.2, -0.15) is 5.10 Å². The highest BCUT2D eigenvalue weighted by molar-refractivity contribution is 5.73. The van der Waals surface area contributed by atoms with Crippen LogP contribution in [0.2, 0.25) is 0 Å². The molecule has 0 N–H and O–H groups in total. The van der Waals surface area contributed by atoms with Crippen LogP contribution < -0.4 is 0 Å². The third-order valence-electron chi connectivity index (χ3n) is 0.788. The first kappa shape index (κ1) is 3.83. The second-order valence-electron chi connectivity index (χ2n) is 1.45. The Hall–Kier alpha value is -1.12. The van der Waals surface area contributed by atoms with Gasteiger partial charge in [0.1, 0.15) is 0 Å². The first-order chi connectivity index (χ1) is 4.25. The van der Waals surface area contributed by atoms with E-state index in [9.17, 15) is 4.79 Å². The van der Waals surface area contributed by atoms with Gasteiger partial charge in [-0.1, -0.05) is 0 Å². The summed E-state index contributed by atoms with van der Waals surface area (Å²) in [6, 6.07) is 0. The summed E-state index contributed by atoms with van der Waals surface area (Å²) in [5.41, 5.74) is 0.331. The Kier molecular flexibility index (Phi) is 0.850. The smallest absolute Gasteiger partial charge is 0.153 e. The summed E-state index contributed by atoms with van der Waals surface area (Å²) in [6.45, 7) is 0. The Morgan fingerprint density at radius 2 is 2.88 bits per heavy atom. The lowest BCUT2D eigenvalue weighted by atomic mass is 10.4. The summed E-state index contributed by atoms with van der Waals surface area (Å²) < 4.78 is 8.48. The maximum atomic E-state index is 10.1. The van der Waals surface area contributed by atoms with Gasteiger partial charge in [-0.15, -0.1) is 0 Å². The van der Waals surface area contributed by atoms with Crippen LogP contribution in [0.3, 0.4) is 0 Å². The minimum absolute atomic E-state index is 0.157. The molecule has 0 amide bonds. The lowest BCUT2D eigenvalue weighted by Crippen LogP contribution is -1.84. The van der Waals surface area contributed by atoms with Crippen LogP contribution in [0.4, 0.5) is 0 Å². The fourth-order valence-corrected chi connectivity index (χ4v) is 0.450. The molecule has 0 saturated heterocycles. The lowest BCUT2D eigenvalue weighted by molar-refractivity contribution is 0.112. The molecule has 0 aromatic carbocycles. The Labute approximate surface area is 48.3 Å². The zero-order valence-electron chi connectivity index (χ0n) is 5.46. The molecule has 0 radical (unpaired) electrons. The third kappa shape index (κ3) is 0.753. The highest BCUT2D eigenvalue weighted by atomic mass is 16.1. The van der Waals surface area contributed by atoms with Crippen LogP contribution in [0.5, 0.6) is 0 Å². The molecule has 1 heterocycles. The van der Waals surface area contributed by atoms with Gasteiger partial charge in [-0.25, -0.2) is 0 Å². The molecule has 0 bridgehead atoms. The van der Waals surface area contributed by atoms with Crippen molar-refractivity contribution >= 4 is 6.29 Å². The summed E-state index contributed by atoms with van der Waals surface area (Å²) in [6.07, 6.45) is 2.15. The molecule has 0 saturated carbocycles. The number of hydrogen-bond acceptors (Lipinski definition) is 2.